The van der Waals surface area contributed by atoms with Crippen LogP contribution < -0.4 is 15.4 Å². The molecule has 2 aromatic heterocycles. The predicted molar refractivity (Wildman–Crippen MR) is 102 cm³/mol. The van der Waals surface area contributed by atoms with Gasteiger partial charge < -0.3 is 19.8 Å². The normalized spacial score (nSPS) is 17.7. The second kappa shape index (κ2) is 9.03. The number of aromatic nitrogens is 1. The molecule has 1 unspecified atom stereocenters. The minimum Gasteiger partial charge on any atom is -0.487 e. The largest absolute Gasteiger partial charge is 0.487 e. The van der Waals surface area contributed by atoms with Crippen LogP contribution in [0.25, 0.3) is 0 Å². The molecule has 2 N–H and O–H groups in total. The molecule has 0 radical (unpaired) electrons. The van der Waals surface area contributed by atoms with Crippen molar-refractivity contribution in [2.75, 3.05) is 6.54 Å². The van der Waals surface area contributed by atoms with E-state index in [1.165, 1.54) is 18.9 Å². The van der Waals surface area contributed by atoms with E-state index in [4.69, 9.17) is 20.8 Å². The number of amides is 1. The number of nitro groups is 1. The van der Waals surface area contributed by atoms with Crippen LogP contribution in [0.15, 0.2) is 28.8 Å². The molecular formula is C18H21ClN4O5. The average molecular weight is 409 g/mol. The number of carbonyl (C=O) groups excluding carboxylic acids is 1. The van der Waals surface area contributed by atoms with Crippen molar-refractivity contribution in [3.63, 3.8) is 0 Å². The highest BCUT2D eigenvalue weighted by molar-refractivity contribution is 6.30. The van der Waals surface area contributed by atoms with Gasteiger partial charge in [0.1, 0.15) is 21.9 Å². The summed E-state index contributed by atoms with van der Waals surface area (Å²) < 4.78 is 10.9. The molecule has 0 saturated carbocycles. The molecule has 150 valence electrons. The van der Waals surface area contributed by atoms with Gasteiger partial charge in [-0.1, -0.05) is 18.0 Å². The van der Waals surface area contributed by atoms with Crippen LogP contribution in [0.2, 0.25) is 5.15 Å². The fourth-order valence-electron chi connectivity index (χ4n) is 3.05. The minimum absolute atomic E-state index is 0.0330. The van der Waals surface area contributed by atoms with Gasteiger partial charge in [0.05, 0.1) is 12.3 Å². The number of furan rings is 1. The molecule has 9 nitrogen and oxygen atoms in total. The number of nitrogens with one attached hydrogen (secondary N) is 2. The molecule has 1 amide bonds. The molecule has 3 rings (SSSR count). The Labute approximate surface area is 166 Å². The van der Waals surface area contributed by atoms with Gasteiger partial charge in [-0.25, -0.2) is 4.98 Å². The Bertz CT molecular complexity index is 850. The minimum atomic E-state index is -0.708. The van der Waals surface area contributed by atoms with Crippen molar-refractivity contribution in [2.45, 2.75) is 44.9 Å². The van der Waals surface area contributed by atoms with Crippen molar-refractivity contribution in [3.05, 3.63) is 51.0 Å². The Morgan fingerprint density at radius 1 is 1.54 bits per heavy atom. The summed E-state index contributed by atoms with van der Waals surface area (Å²) in [6.07, 6.45) is 4.92. The van der Waals surface area contributed by atoms with Crippen molar-refractivity contribution >= 4 is 23.4 Å². The highest BCUT2D eigenvalue weighted by atomic mass is 35.5. The van der Waals surface area contributed by atoms with Crippen LogP contribution in [-0.4, -0.2) is 34.5 Å². The van der Waals surface area contributed by atoms with Gasteiger partial charge in [-0.15, -0.1) is 0 Å². The lowest BCUT2D eigenvalue weighted by atomic mass is 10.0. The van der Waals surface area contributed by atoms with E-state index < -0.39 is 16.7 Å². The van der Waals surface area contributed by atoms with Crippen molar-refractivity contribution in [3.8, 4) is 5.75 Å². The molecule has 2 atom stereocenters. The zero-order chi connectivity index (χ0) is 20.1. The number of hydrogen-bond donors (Lipinski definition) is 2. The maximum absolute atomic E-state index is 12.1. The van der Waals surface area contributed by atoms with E-state index in [0.29, 0.717) is 11.3 Å². The maximum Gasteiger partial charge on any atom is 0.433 e. The fourth-order valence-corrected chi connectivity index (χ4v) is 3.22. The lowest BCUT2D eigenvalue weighted by molar-refractivity contribution is -0.402. The summed E-state index contributed by atoms with van der Waals surface area (Å²) in [6, 6.07) is 4.37. The van der Waals surface area contributed by atoms with Crippen LogP contribution in [0.3, 0.4) is 0 Å². The summed E-state index contributed by atoms with van der Waals surface area (Å²) in [5.74, 6) is -0.678. The molecule has 0 spiro atoms. The fraction of sp³-hybridized carbons (Fsp3) is 0.444. The first-order chi connectivity index (χ1) is 13.4. The van der Waals surface area contributed by atoms with Gasteiger partial charge >= 0.3 is 5.88 Å². The maximum atomic E-state index is 12.1. The van der Waals surface area contributed by atoms with Gasteiger partial charge in [0, 0.05) is 18.2 Å². The molecular weight excluding hydrogens is 388 g/mol. The lowest BCUT2D eigenvalue weighted by Gasteiger charge is -2.29. The van der Waals surface area contributed by atoms with Crippen LogP contribution in [0.5, 0.6) is 5.75 Å². The third kappa shape index (κ3) is 4.99. The Kier molecular flexibility index (Phi) is 6.48. The second-order valence-electron chi connectivity index (χ2n) is 6.58. The zero-order valence-electron chi connectivity index (χ0n) is 15.3. The SMILES string of the molecule is CC(Oc1cnc(Cl)c(CNC(=O)c2ccc([N+](=O)[O-])o2)c1)[C@H]1CCCCN1. The monoisotopic (exact) mass is 408 g/mol. The van der Waals surface area contributed by atoms with Crippen LogP contribution in [0.1, 0.15) is 42.3 Å². The number of halogens is 1. The number of ether oxygens (including phenoxy) is 1. The summed E-state index contributed by atoms with van der Waals surface area (Å²) in [5, 5.41) is 16.9. The van der Waals surface area contributed by atoms with Crippen LogP contribution >= 0.6 is 11.6 Å². The van der Waals surface area contributed by atoms with Crippen molar-refractivity contribution in [1.29, 1.82) is 0 Å². The molecule has 1 aliphatic heterocycles. The summed E-state index contributed by atoms with van der Waals surface area (Å²) in [7, 11) is 0. The predicted octanol–water partition coefficient (Wildman–Crippen LogP) is 3.08. The van der Waals surface area contributed by atoms with Gasteiger partial charge in [-0.2, -0.15) is 0 Å². The number of carbonyl (C=O) groups is 1. The van der Waals surface area contributed by atoms with Crippen LogP contribution in [-0.2, 0) is 6.54 Å². The van der Waals surface area contributed by atoms with E-state index in [-0.39, 0.29) is 29.6 Å². The first kappa shape index (κ1) is 20.1. The van der Waals surface area contributed by atoms with Gasteiger partial charge in [0.25, 0.3) is 5.91 Å². The number of hydrogen-bond acceptors (Lipinski definition) is 7. The molecule has 0 aromatic carbocycles. The Morgan fingerprint density at radius 2 is 2.36 bits per heavy atom. The van der Waals surface area contributed by atoms with E-state index in [2.05, 4.69) is 15.6 Å². The third-order valence-corrected chi connectivity index (χ3v) is 4.90. The lowest BCUT2D eigenvalue weighted by Crippen LogP contribution is -2.44. The van der Waals surface area contributed by atoms with Crippen molar-refractivity contribution < 1.29 is 18.9 Å². The van der Waals surface area contributed by atoms with E-state index in [9.17, 15) is 14.9 Å². The molecule has 0 bridgehead atoms. The molecule has 2 aromatic rings. The standard InChI is InChI=1S/C18H21ClN4O5/c1-11(14-4-2-3-7-20-14)27-13-8-12(17(19)21-10-13)9-22-18(24)15-5-6-16(28-15)23(25)26/h5-6,8,10-11,14,20H,2-4,7,9H2,1H3,(H,22,24)/t11?,14-/m1/s1. The Hall–Kier alpha value is -2.65. The number of piperidine rings is 1. The van der Waals surface area contributed by atoms with Crippen LogP contribution in [0, 0.1) is 10.1 Å². The van der Waals surface area contributed by atoms with Crippen molar-refractivity contribution in [1.82, 2.24) is 15.6 Å². The zero-order valence-corrected chi connectivity index (χ0v) is 16.1. The van der Waals surface area contributed by atoms with E-state index >= 15 is 0 Å². The second-order valence-corrected chi connectivity index (χ2v) is 6.94. The topological polar surface area (TPSA) is 120 Å². The van der Waals surface area contributed by atoms with Gasteiger partial charge in [-0.3, -0.25) is 14.9 Å². The third-order valence-electron chi connectivity index (χ3n) is 4.56. The molecule has 3 heterocycles. The van der Waals surface area contributed by atoms with Crippen molar-refractivity contribution in [2.24, 2.45) is 0 Å². The first-order valence-corrected chi connectivity index (χ1v) is 9.38. The molecule has 0 aliphatic carbocycles. The number of rotatable bonds is 7. The highest BCUT2D eigenvalue weighted by Crippen LogP contribution is 2.22. The molecule has 1 aliphatic rings. The van der Waals surface area contributed by atoms with Gasteiger partial charge in [-0.05, 0) is 38.4 Å². The molecule has 10 heteroatoms. The first-order valence-electron chi connectivity index (χ1n) is 9.01. The molecule has 28 heavy (non-hydrogen) atoms. The quantitative estimate of drug-likeness (QED) is 0.410. The summed E-state index contributed by atoms with van der Waals surface area (Å²) in [4.78, 5) is 26.1. The van der Waals surface area contributed by atoms with E-state index in [0.717, 1.165) is 19.0 Å². The van der Waals surface area contributed by atoms with E-state index in [1.54, 1.807) is 12.3 Å². The Morgan fingerprint density at radius 3 is 3.04 bits per heavy atom. The average Bonchev–Trinajstić information content (AvgIpc) is 3.19. The van der Waals surface area contributed by atoms with Gasteiger partial charge in [0.15, 0.2) is 5.76 Å². The summed E-state index contributed by atoms with van der Waals surface area (Å²) in [6.45, 7) is 3.06. The highest BCUT2D eigenvalue weighted by Gasteiger charge is 2.21. The molecule has 1 fully saturated rings. The molecule has 1 saturated heterocycles. The van der Waals surface area contributed by atoms with Crippen LogP contribution in [0.4, 0.5) is 5.88 Å². The van der Waals surface area contributed by atoms with E-state index in [1.807, 2.05) is 6.92 Å². The number of pyridine rings is 1. The Balaban J connectivity index is 1.61. The van der Waals surface area contributed by atoms with Gasteiger partial charge in [0.2, 0.25) is 0 Å². The number of nitrogens with zero attached hydrogens (tertiary/aromatic N) is 2. The summed E-state index contributed by atoms with van der Waals surface area (Å²) >= 11 is 6.11. The smallest absolute Gasteiger partial charge is 0.433 e. The summed E-state index contributed by atoms with van der Waals surface area (Å²) in [5.41, 5.74) is 0.567.